The van der Waals surface area contributed by atoms with E-state index in [-0.39, 0.29) is 12.5 Å². The van der Waals surface area contributed by atoms with Gasteiger partial charge in [0.2, 0.25) is 5.91 Å². The SMILES string of the molecule is N[C@H](C(=O)N1CCN(CCO)CC1)c1ccccc1. The first kappa shape index (κ1) is 14.0. The second-order valence-electron chi connectivity index (χ2n) is 4.78. The normalized spacial score (nSPS) is 18.3. The summed E-state index contributed by atoms with van der Waals surface area (Å²) in [6, 6.07) is 8.87. The van der Waals surface area contributed by atoms with E-state index in [1.165, 1.54) is 0 Å². The quantitative estimate of drug-likeness (QED) is 0.791. The van der Waals surface area contributed by atoms with E-state index in [9.17, 15) is 4.79 Å². The maximum absolute atomic E-state index is 12.3. The van der Waals surface area contributed by atoms with Gasteiger partial charge >= 0.3 is 0 Å². The number of aliphatic hydroxyl groups is 1. The predicted octanol–water partition coefficient (Wildman–Crippen LogP) is -0.177. The van der Waals surface area contributed by atoms with Gasteiger partial charge in [0, 0.05) is 32.7 Å². The molecule has 104 valence electrons. The fourth-order valence-corrected chi connectivity index (χ4v) is 2.33. The van der Waals surface area contributed by atoms with Crippen LogP contribution in [0.3, 0.4) is 0 Å². The highest BCUT2D eigenvalue weighted by Crippen LogP contribution is 2.14. The van der Waals surface area contributed by atoms with Gasteiger partial charge in [-0.25, -0.2) is 0 Å². The average molecular weight is 263 g/mol. The average Bonchev–Trinajstić information content (AvgIpc) is 2.48. The maximum Gasteiger partial charge on any atom is 0.244 e. The minimum Gasteiger partial charge on any atom is -0.395 e. The van der Waals surface area contributed by atoms with Crippen LogP contribution in [0, 0.1) is 0 Å². The molecule has 1 fully saturated rings. The number of piperazine rings is 1. The summed E-state index contributed by atoms with van der Waals surface area (Å²) in [5, 5.41) is 8.89. The van der Waals surface area contributed by atoms with Gasteiger partial charge in [-0.1, -0.05) is 30.3 Å². The van der Waals surface area contributed by atoms with Crippen LogP contribution in [-0.4, -0.2) is 60.1 Å². The summed E-state index contributed by atoms with van der Waals surface area (Å²) in [4.78, 5) is 16.3. The molecule has 1 saturated heterocycles. The van der Waals surface area contributed by atoms with E-state index in [1.54, 1.807) is 0 Å². The summed E-state index contributed by atoms with van der Waals surface area (Å²) in [6.07, 6.45) is 0. The number of β-amino-alcohol motifs (C(OH)–C–C–N with tert-alkyl or cyclic N) is 1. The van der Waals surface area contributed by atoms with Gasteiger partial charge in [0.1, 0.15) is 6.04 Å². The lowest BCUT2D eigenvalue weighted by atomic mass is 10.1. The van der Waals surface area contributed by atoms with Crippen LogP contribution in [0.25, 0.3) is 0 Å². The fraction of sp³-hybridized carbons (Fsp3) is 0.500. The summed E-state index contributed by atoms with van der Waals surface area (Å²) in [5.41, 5.74) is 6.87. The third-order valence-corrected chi connectivity index (χ3v) is 3.52. The number of hydrogen-bond acceptors (Lipinski definition) is 4. The third kappa shape index (κ3) is 3.53. The van der Waals surface area contributed by atoms with Crippen LogP contribution in [0.5, 0.6) is 0 Å². The zero-order valence-corrected chi connectivity index (χ0v) is 11.0. The molecule has 1 amide bonds. The number of amides is 1. The minimum absolute atomic E-state index is 0.0187. The lowest BCUT2D eigenvalue weighted by Gasteiger charge is -2.35. The number of carbonyl (C=O) groups excluding carboxylic acids is 1. The first-order chi connectivity index (χ1) is 9.22. The molecule has 5 nitrogen and oxygen atoms in total. The van der Waals surface area contributed by atoms with Crippen molar-refractivity contribution in [2.24, 2.45) is 5.73 Å². The molecule has 2 rings (SSSR count). The molecule has 0 saturated carbocycles. The highest BCUT2D eigenvalue weighted by Gasteiger charge is 2.25. The number of nitrogens with zero attached hydrogens (tertiary/aromatic N) is 2. The molecular formula is C14H21N3O2. The predicted molar refractivity (Wildman–Crippen MR) is 73.5 cm³/mol. The van der Waals surface area contributed by atoms with Crippen molar-refractivity contribution in [3.05, 3.63) is 35.9 Å². The van der Waals surface area contributed by atoms with Crippen LogP contribution >= 0.6 is 0 Å². The van der Waals surface area contributed by atoms with Crippen molar-refractivity contribution < 1.29 is 9.90 Å². The molecule has 0 unspecified atom stereocenters. The van der Waals surface area contributed by atoms with Crippen molar-refractivity contribution >= 4 is 5.91 Å². The summed E-state index contributed by atoms with van der Waals surface area (Å²) in [5.74, 6) is -0.0187. The van der Waals surface area contributed by atoms with Gasteiger partial charge in [-0.3, -0.25) is 9.69 Å². The van der Waals surface area contributed by atoms with Gasteiger partial charge in [-0.15, -0.1) is 0 Å². The molecule has 3 N–H and O–H groups in total. The van der Waals surface area contributed by atoms with Crippen LogP contribution in [0.1, 0.15) is 11.6 Å². The highest BCUT2D eigenvalue weighted by molar-refractivity contribution is 5.83. The van der Waals surface area contributed by atoms with Crippen molar-refractivity contribution in [2.75, 3.05) is 39.3 Å². The summed E-state index contributed by atoms with van der Waals surface area (Å²) >= 11 is 0. The number of hydrogen-bond donors (Lipinski definition) is 2. The largest absolute Gasteiger partial charge is 0.395 e. The minimum atomic E-state index is -0.578. The Bertz CT molecular complexity index is 402. The molecule has 0 bridgehead atoms. The molecule has 1 aromatic carbocycles. The van der Waals surface area contributed by atoms with Gasteiger partial charge in [0.15, 0.2) is 0 Å². The highest BCUT2D eigenvalue weighted by atomic mass is 16.3. The van der Waals surface area contributed by atoms with Gasteiger partial charge < -0.3 is 15.7 Å². The Labute approximate surface area is 113 Å². The van der Waals surface area contributed by atoms with E-state index in [2.05, 4.69) is 4.90 Å². The van der Waals surface area contributed by atoms with E-state index < -0.39 is 6.04 Å². The van der Waals surface area contributed by atoms with Crippen molar-refractivity contribution in [3.8, 4) is 0 Å². The molecule has 0 radical (unpaired) electrons. The van der Waals surface area contributed by atoms with Gasteiger partial charge in [-0.05, 0) is 5.56 Å². The Morgan fingerprint density at radius 2 is 1.84 bits per heavy atom. The molecule has 1 aliphatic rings. The van der Waals surface area contributed by atoms with E-state index in [0.29, 0.717) is 19.6 Å². The first-order valence-corrected chi connectivity index (χ1v) is 6.65. The zero-order chi connectivity index (χ0) is 13.7. The van der Waals surface area contributed by atoms with Crippen molar-refractivity contribution in [1.82, 2.24) is 9.80 Å². The number of carbonyl (C=O) groups is 1. The smallest absolute Gasteiger partial charge is 0.244 e. The number of nitrogens with two attached hydrogens (primary N) is 1. The molecule has 1 aliphatic heterocycles. The Morgan fingerprint density at radius 3 is 2.42 bits per heavy atom. The number of benzene rings is 1. The second kappa shape index (κ2) is 6.65. The zero-order valence-electron chi connectivity index (χ0n) is 11.0. The standard InChI is InChI=1S/C14H21N3O2/c15-13(12-4-2-1-3-5-12)14(19)17-8-6-16(7-9-17)10-11-18/h1-5,13,18H,6-11,15H2/t13-/m0/s1. The van der Waals surface area contributed by atoms with E-state index in [4.69, 9.17) is 10.8 Å². The summed E-state index contributed by atoms with van der Waals surface area (Å²) < 4.78 is 0. The Morgan fingerprint density at radius 1 is 1.21 bits per heavy atom. The Kier molecular flexibility index (Phi) is 4.90. The third-order valence-electron chi connectivity index (χ3n) is 3.52. The first-order valence-electron chi connectivity index (χ1n) is 6.65. The van der Waals surface area contributed by atoms with Crippen molar-refractivity contribution in [3.63, 3.8) is 0 Å². The van der Waals surface area contributed by atoms with Gasteiger partial charge in [-0.2, -0.15) is 0 Å². The van der Waals surface area contributed by atoms with E-state index >= 15 is 0 Å². The van der Waals surface area contributed by atoms with Gasteiger partial charge in [0.05, 0.1) is 6.61 Å². The summed E-state index contributed by atoms with van der Waals surface area (Å²) in [7, 11) is 0. The van der Waals surface area contributed by atoms with Crippen LogP contribution in [0.4, 0.5) is 0 Å². The molecular weight excluding hydrogens is 242 g/mol. The molecule has 19 heavy (non-hydrogen) atoms. The van der Waals surface area contributed by atoms with Gasteiger partial charge in [0.25, 0.3) is 0 Å². The number of aliphatic hydroxyl groups excluding tert-OH is 1. The molecule has 1 aromatic rings. The summed E-state index contributed by atoms with van der Waals surface area (Å²) in [6.45, 7) is 3.80. The maximum atomic E-state index is 12.3. The van der Waals surface area contributed by atoms with Crippen LogP contribution in [-0.2, 0) is 4.79 Å². The monoisotopic (exact) mass is 263 g/mol. The van der Waals surface area contributed by atoms with Crippen LogP contribution in [0.15, 0.2) is 30.3 Å². The number of rotatable bonds is 4. The lowest BCUT2D eigenvalue weighted by Crippen LogP contribution is -2.51. The lowest BCUT2D eigenvalue weighted by molar-refractivity contribution is -0.134. The molecule has 0 aromatic heterocycles. The van der Waals surface area contributed by atoms with Crippen molar-refractivity contribution in [1.29, 1.82) is 0 Å². The van der Waals surface area contributed by atoms with E-state index in [1.807, 2.05) is 35.2 Å². The Balaban J connectivity index is 1.91. The molecule has 1 heterocycles. The van der Waals surface area contributed by atoms with E-state index in [0.717, 1.165) is 18.7 Å². The molecule has 5 heteroatoms. The second-order valence-corrected chi connectivity index (χ2v) is 4.78. The Hall–Kier alpha value is -1.43. The molecule has 0 aliphatic carbocycles. The van der Waals surface area contributed by atoms with Crippen LogP contribution < -0.4 is 5.73 Å². The topological polar surface area (TPSA) is 69.8 Å². The fourth-order valence-electron chi connectivity index (χ4n) is 2.33. The van der Waals surface area contributed by atoms with Crippen molar-refractivity contribution in [2.45, 2.75) is 6.04 Å². The van der Waals surface area contributed by atoms with Crippen LogP contribution in [0.2, 0.25) is 0 Å². The molecule has 1 atom stereocenters. The molecule has 0 spiro atoms.